The SMILES string of the molecule is O=C(Cc1ccc2oc(=O)[nH]c2c1)NC1CCS(=O)(=O)C1. The average Bonchev–Trinajstić information content (AvgIpc) is 2.90. The van der Waals surface area contributed by atoms with Gasteiger partial charge in [0.15, 0.2) is 15.4 Å². The van der Waals surface area contributed by atoms with Gasteiger partial charge in [0.25, 0.3) is 0 Å². The Balaban J connectivity index is 1.67. The van der Waals surface area contributed by atoms with Gasteiger partial charge in [0.05, 0.1) is 23.4 Å². The minimum absolute atomic E-state index is 0.00677. The molecular formula is C13H14N2O5S. The van der Waals surface area contributed by atoms with Crippen LogP contribution >= 0.6 is 0 Å². The maximum atomic E-state index is 11.9. The number of oxazole rings is 1. The maximum absolute atomic E-state index is 11.9. The summed E-state index contributed by atoms with van der Waals surface area (Å²) in [4.78, 5) is 25.5. The van der Waals surface area contributed by atoms with Crippen molar-refractivity contribution in [1.82, 2.24) is 10.3 Å². The minimum atomic E-state index is -3.01. The van der Waals surface area contributed by atoms with Gasteiger partial charge in [-0.2, -0.15) is 0 Å². The number of aromatic nitrogens is 1. The number of H-pyrrole nitrogens is 1. The molecule has 7 nitrogen and oxygen atoms in total. The van der Waals surface area contributed by atoms with Crippen molar-refractivity contribution in [2.45, 2.75) is 18.9 Å². The first kappa shape index (κ1) is 13.9. The second-order valence-corrected chi connectivity index (χ2v) is 7.42. The van der Waals surface area contributed by atoms with Crippen LogP contribution in [0.2, 0.25) is 0 Å². The molecule has 1 aliphatic rings. The molecule has 2 aromatic rings. The third kappa shape index (κ3) is 3.15. The highest BCUT2D eigenvalue weighted by Crippen LogP contribution is 2.14. The predicted molar refractivity (Wildman–Crippen MR) is 75.7 cm³/mol. The van der Waals surface area contributed by atoms with Gasteiger partial charge in [-0.15, -0.1) is 0 Å². The van der Waals surface area contributed by atoms with Gasteiger partial charge in [0.2, 0.25) is 5.91 Å². The molecule has 1 aromatic heterocycles. The molecule has 0 spiro atoms. The van der Waals surface area contributed by atoms with E-state index in [1.807, 2.05) is 0 Å². The number of fused-ring (bicyclic) bond motifs is 1. The Morgan fingerprint density at radius 3 is 2.95 bits per heavy atom. The zero-order chi connectivity index (χ0) is 15.0. The molecule has 21 heavy (non-hydrogen) atoms. The third-order valence-electron chi connectivity index (χ3n) is 3.45. The van der Waals surface area contributed by atoms with E-state index in [0.717, 1.165) is 5.56 Å². The van der Waals surface area contributed by atoms with E-state index in [2.05, 4.69) is 10.3 Å². The second kappa shape index (κ2) is 5.03. The fourth-order valence-electron chi connectivity index (χ4n) is 2.48. The van der Waals surface area contributed by atoms with Crippen molar-refractivity contribution in [1.29, 1.82) is 0 Å². The number of carbonyl (C=O) groups excluding carboxylic acids is 1. The van der Waals surface area contributed by atoms with Gasteiger partial charge in [0.1, 0.15) is 0 Å². The molecule has 112 valence electrons. The van der Waals surface area contributed by atoms with Crippen molar-refractivity contribution in [3.05, 3.63) is 34.3 Å². The molecule has 0 saturated carbocycles. The highest BCUT2D eigenvalue weighted by Gasteiger charge is 2.28. The number of nitrogens with one attached hydrogen (secondary N) is 2. The van der Waals surface area contributed by atoms with E-state index >= 15 is 0 Å². The monoisotopic (exact) mass is 310 g/mol. The number of sulfone groups is 1. The molecule has 1 unspecified atom stereocenters. The number of hydrogen-bond donors (Lipinski definition) is 2. The minimum Gasteiger partial charge on any atom is -0.408 e. The van der Waals surface area contributed by atoms with Gasteiger partial charge < -0.3 is 9.73 Å². The van der Waals surface area contributed by atoms with Crippen LogP contribution in [0.4, 0.5) is 0 Å². The number of rotatable bonds is 3. The Kier molecular flexibility index (Phi) is 3.32. The number of hydrogen-bond acceptors (Lipinski definition) is 5. The zero-order valence-electron chi connectivity index (χ0n) is 11.1. The van der Waals surface area contributed by atoms with Gasteiger partial charge in [-0.25, -0.2) is 13.2 Å². The van der Waals surface area contributed by atoms with Crippen molar-refractivity contribution in [2.24, 2.45) is 0 Å². The summed E-state index contributed by atoms with van der Waals surface area (Å²) in [6.45, 7) is 0. The zero-order valence-corrected chi connectivity index (χ0v) is 11.9. The lowest BCUT2D eigenvalue weighted by Gasteiger charge is -2.10. The van der Waals surface area contributed by atoms with Crippen LogP contribution in [0.1, 0.15) is 12.0 Å². The first-order chi connectivity index (χ1) is 9.91. The van der Waals surface area contributed by atoms with E-state index in [4.69, 9.17) is 4.42 Å². The lowest BCUT2D eigenvalue weighted by atomic mass is 10.1. The number of benzene rings is 1. The molecule has 1 aromatic carbocycles. The molecule has 1 amide bonds. The molecule has 0 radical (unpaired) electrons. The molecule has 3 rings (SSSR count). The van der Waals surface area contributed by atoms with Crippen molar-refractivity contribution in [3.8, 4) is 0 Å². The molecule has 1 aliphatic heterocycles. The van der Waals surface area contributed by atoms with Crippen molar-refractivity contribution in [2.75, 3.05) is 11.5 Å². The van der Waals surface area contributed by atoms with Gasteiger partial charge in [-0.1, -0.05) is 6.07 Å². The number of aromatic amines is 1. The maximum Gasteiger partial charge on any atom is 0.417 e. The summed E-state index contributed by atoms with van der Waals surface area (Å²) in [6.07, 6.45) is 0.585. The lowest BCUT2D eigenvalue weighted by Crippen LogP contribution is -2.36. The summed E-state index contributed by atoms with van der Waals surface area (Å²) >= 11 is 0. The van der Waals surface area contributed by atoms with E-state index in [1.54, 1.807) is 18.2 Å². The summed E-state index contributed by atoms with van der Waals surface area (Å²) in [7, 11) is -3.01. The molecule has 2 heterocycles. The van der Waals surface area contributed by atoms with E-state index in [0.29, 0.717) is 17.5 Å². The van der Waals surface area contributed by atoms with E-state index < -0.39 is 15.6 Å². The lowest BCUT2D eigenvalue weighted by molar-refractivity contribution is -0.120. The fraction of sp³-hybridized carbons (Fsp3) is 0.385. The van der Waals surface area contributed by atoms with Gasteiger partial charge in [0, 0.05) is 6.04 Å². The van der Waals surface area contributed by atoms with Gasteiger partial charge in [-0.3, -0.25) is 9.78 Å². The molecule has 2 N–H and O–H groups in total. The average molecular weight is 310 g/mol. The fourth-order valence-corrected chi connectivity index (χ4v) is 4.16. The van der Waals surface area contributed by atoms with E-state index in [9.17, 15) is 18.0 Å². The summed E-state index contributed by atoms with van der Waals surface area (Å²) in [5, 5.41) is 2.72. The molecule has 1 atom stereocenters. The highest BCUT2D eigenvalue weighted by molar-refractivity contribution is 7.91. The molecule has 1 fully saturated rings. The van der Waals surface area contributed by atoms with Crippen LogP contribution in [0.5, 0.6) is 0 Å². The smallest absolute Gasteiger partial charge is 0.408 e. The largest absolute Gasteiger partial charge is 0.417 e. The topological polar surface area (TPSA) is 109 Å². The molecular weight excluding hydrogens is 296 g/mol. The Morgan fingerprint density at radius 2 is 2.24 bits per heavy atom. The number of carbonyl (C=O) groups is 1. The van der Waals surface area contributed by atoms with Crippen LogP contribution in [0, 0.1) is 0 Å². The standard InChI is InChI=1S/C13H14N2O5S/c16-12(14-9-3-4-21(18,19)7-9)6-8-1-2-11-10(5-8)15-13(17)20-11/h1-2,5,9H,3-4,6-7H2,(H,14,16)(H,15,17). The summed E-state index contributed by atoms with van der Waals surface area (Å²) in [5.74, 6) is -0.641. The van der Waals surface area contributed by atoms with Crippen molar-refractivity contribution in [3.63, 3.8) is 0 Å². The first-order valence-corrected chi connectivity index (χ1v) is 8.35. The Labute approximate surface area is 120 Å². The normalized spacial score (nSPS) is 20.7. The molecule has 0 aliphatic carbocycles. The van der Waals surface area contributed by atoms with Crippen LogP contribution in [-0.2, 0) is 21.1 Å². The van der Waals surface area contributed by atoms with Crippen molar-refractivity contribution >= 4 is 26.8 Å². The molecule has 1 saturated heterocycles. The van der Waals surface area contributed by atoms with E-state index in [-0.39, 0.29) is 29.9 Å². The second-order valence-electron chi connectivity index (χ2n) is 5.19. The van der Waals surface area contributed by atoms with Crippen LogP contribution in [0.15, 0.2) is 27.4 Å². The van der Waals surface area contributed by atoms with E-state index in [1.165, 1.54) is 0 Å². The van der Waals surface area contributed by atoms with Crippen molar-refractivity contribution < 1.29 is 17.6 Å². The number of amides is 1. The van der Waals surface area contributed by atoms with Crippen LogP contribution in [0.25, 0.3) is 11.1 Å². The van der Waals surface area contributed by atoms with Crippen LogP contribution in [-0.4, -0.2) is 36.9 Å². The first-order valence-electron chi connectivity index (χ1n) is 6.53. The summed E-state index contributed by atoms with van der Waals surface area (Å²) in [6, 6.07) is 4.69. The molecule has 0 bridgehead atoms. The summed E-state index contributed by atoms with van der Waals surface area (Å²) < 4.78 is 27.5. The highest BCUT2D eigenvalue weighted by atomic mass is 32.2. The Morgan fingerprint density at radius 1 is 1.43 bits per heavy atom. The molecule has 8 heteroatoms. The van der Waals surface area contributed by atoms with Crippen LogP contribution in [0.3, 0.4) is 0 Å². The summed E-state index contributed by atoms with van der Waals surface area (Å²) in [5.41, 5.74) is 1.69. The quantitative estimate of drug-likeness (QED) is 0.827. The third-order valence-corrected chi connectivity index (χ3v) is 5.21. The predicted octanol–water partition coefficient (Wildman–Crippen LogP) is -0.0331. The van der Waals surface area contributed by atoms with Crippen LogP contribution < -0.4 is 11.1 Å². The van der Waals surface area contributed by atoms with Gasteiger partial charge in [-0.05, 0) is 24.1 Å². The van der Waals surface area contributed by atoms with Gasteiger partial charge >= 0.3 is 5.76 Å². The Bertz CT molecular complexity index is 849. The Hall–Kier alpha value is -2.09.